The van der Waals surface area contributed by atoms with E-state index in [4.69, 9.17) is 0 Å². The van der Waals surface area contributed by atoms with Gasteiger partial charge in [0, 0.05) is 61.5 Å². The highest BCUT2D eigenvalue weighted by Gasteiger charge is 2.45. The van der Waals surface area contributed by atoms with Crippen LogP contribution in [0.15, 0.2) is 83.8 Å². The molecule has 3 aromatic carbocycles. The van der Waals surface area contributed by atoms with Crippen molar-refractivity contribution in [1.29, 1.82) is 0 Å². The van der Waals surface area contributed by atoms with Crippen molar-refractivity contribution in [2.24, 2.45) is 7.05 Å². The van der Waals surface area contributed by atoms with E-state index in [0.717, 1.165) is 21.6 Å². The van der Waals surface area contributed by atoms with Crippen LogP contribution in [0.2, 0.25) is 0 Å². The van der Waals surface area contributed by atoms with Crippen LogP contribution >= 0.6 is 0 Å². The Hall–Kier alpha value is -6.87. The molecule has 298 valence electrons. The van der Waals surface area contributed by atoms with Crippen LogP contribution in [0.4, 0.5) is 5.69 Å². The van der Waals surface area contributed by atoms with E-state index in [-0.39, 0.29) is 47.7 Å². The second-order valence-electron chi connectivity index (χ2n) is 15.0. The molecule has 15 heteroatoms. The van der Waals surface area contributed by atoms with Gasteiger partial charge in [0.1, 0.15) is 17.3 Å². The van der Waals surface area contributed by atoms with Gasteiger partial charge in [-0.15, -0.1) is 0 Å². The summed E-state index contributed by atoms with van der Waals surface area (Å²) in [6, 6.07) is 19.8. The lowest BCUT2D eigenvalue weighted by molar-refractivity contribution is -0.136. The van der Waals surface area contributed by atoms with Crippen molar-refractivity contribution in [3.8, 4) is 11.1 Å². The summed E-state index contributed by atoms with van der Waals surface area (Å²) < 4.78 is 1.45. The molecule has 15 nitrogen and oxygen atoms in total. The first kappa shape index (κ1) is 39.4. The van der Waals surface area contributed by atoms with Crippen LogP contribution in [0, 0.1) is 0 Å². The molecule has 1 unspecified atom stereocenters. The number of nitrogens with zero attached hydrogens (tertiary/aromatic N) is 2. The lowest BCUT2D eigenvalue weighted by atomic mass is 9.94. The predicted molar refractivity (Wildman–Crippen MR) is 215 cm³/mol. The van der Waals surface area contributed by atoms with Crippen LogP contribution in [0.1, 0.15) is 92.2 Å². The van der Waals surface area contributed by atoms with E-state index in [0.29, 0.717) is 53.6 Å². The number of nitrogens with one attached hydrogen (secondary N) is 5. The Bertz CT molecular complexity index is 2550. The Morgan fingerprint density at radius 3 is 2.34 bits per heavy atom. The third-order valence-corrected chi connectivity index (χ3v) is 10.4. The number of aromatic nitrogens is 2. The smallest absolute Gasteiger partial charge is 0.274 e. The Morgan fingerprint density at radius 1 is 0.862 bits per heavy atom. The number of imide groups is 2. The quantitative estimate of drug-likeness (QED) is 0.0758. The zero-order chi connectivity index (χ0) is 41.3. The van der Waals surface area contributed by atoms with Crippen LogP contribution in [0.5, 0.6) is 0 Å². The van der Waals surface area contributed by atoms with E-state index in [2.05, 4.69) is 26.3 Å². The SMILES string of the molecule is Cn1cc(-c2cccc(C(C)(C)O)c2)c2cc(C(=O)NCc3ccc(C(=O)NCCCCNc4cccc5c4C(=O)N(C4CCC(=O)NC4=O)C5=O)cc3)[nH]c2c1=O. The molecule has 2 aliphatic rings. The number of benzene rings is 3. The molecule has 0 spiro atoms. The van der Waals surface area contributed by atoms with Gasteiger partial charge in [0.05, 0.1) is 16.7 Å². The minimum atomic E-state index is -1.06. The lowest BCUT2D eigenvalue weighted by Crippen LogP contribution is -2.54. The first-order valence-corrected chi connectivity index (χ1v) is 19.0. The number of hydrogen-bond acceptors (Lipinski definition) is 9. The molecule has 0 saturated carbocycles. The Morgan fingerprint density at radius 2 is 1.60 bits per heavy atom. The Balaban J connectivity index is 0.887. The zero-order valence-electron chi connectivity index (χ0n) is 32.2. The summed E-state index contributed by atoms with van der Waals surface area (Å²) in [5.74, 6) is -2.91. The van der Waals surface area contributed by atoms with Gasteiger partial charge in [-0.1, -0.05) is 36.4 Å². The zero-order valence-corrected chi connectivity index (χ0v) is 32.2. The molecule has 58 heavy (non-hydrogen) atoms. The van der Waals surface area contributed by atoms with Gasteiger partial charge < -0.3 is 30.6 Å². The van der Waals surface area contributed by atoms with Crippen LogP contribution in [-0.2, 0) is 28.8 Å². The van der Waals surface area contributed by atoms with Crippen molar-refractivity contribution in [3.63, 3.8) is 0 Å². The third-order valence-electron chi connectivity index (χ3n) is 10.4. The van der Waals surface area contributed by atoms with Gasteiger partial charge in [0.2, 0.25) is 11.8 Å². The Labute approximate surface area is 332 Å². The van der Waals surface area contributed by atoms with E-state index >= 15 is 0 Å². The second kappa shape index (κ2) is 15.9. The molecule has 2 aliphatic heterocycles. The number of hydrogen-bond donors (Lipinski definition) is 6. The molecule has 1 saturated heterocycles. The average molecular weight is 786 g/mol. The summed E-state index contributed by atoms with van der Waals surface area (Å²) in [6.07, 6.45) is 3.10. The number of unbranched alkanes of at least 4 members (excludes halogenated alkanes) is 1. The molecular weight excluding hydrogens is 743 g/mol. The number of fused-ring (bicyclic) bond motifs is 2. The van der Waals surface area contributed by atoms with Crippen LogP contribution < -0.4 is 26.8 Å². The van der Waals surface area contributed by atoms with E-state index in [1.54, 1.807) is 75.6 Å². The van der Waals surface area contributed by atoms with Crippen molar-refractivity contribution in [2.45, 2.75) is 57.7 Å². The van der Waals surface area contributed by atoms with Crippen molar-refractivity contribution < 1.29 is 33.9 Å². The van der Waals surface area contributed by atoms with Gasteiger partial charge in [-0.2, -0.15) is 0 Å². The fraction of sp³-hybridized carbons (Fsp3) is 0.279. The highest BCUT2D eigenvalue weighted by atomic mass is 16.3. The summed E-state index contributed by atoms with van der Waals surface area (Å²) in [6.45, 7) is 4.44. The number of pyridine rings is 1. The number of rotatable bonds is 13. The molecule has 7 rings (SSSR count). The highest BCUT2D eigenvalue weighted by Crippen LogP contribution is 2.33. The van der Waals surface area contributed by atoms with Gasteiger partial charge in [0.15, 0.2) is 0 Å². The first-order valence-electron chi connectivity index (χ1n) is 19.0. The maximum absolute atomic E-state index is 13.3. The molecule has 5 aromatic rings. The summed E-state index contributed by atoms with van der Waals surface area (Å²) in [4.78, 5) is 93.3. The van der Waals surface area contributed by atoms with Crippen LogP contribution in [-0.4, -0.2) is 74.1 Å². The van der Waals surface area contributed by atoms with E-state index in [1.807, 2.05) is 24.3 Å². The van der Waals surface area contributed by atoms with Crippen LogP contribution in [0.25, 0.3) is 22.0 Å². The topological polar surface area (TPSA) is 212 Å². The van der Waals surface area contributed by atoms with Gasteiger partial charge in [-0.25, -0.2) is 0 Å². The van der Waals surface area contributed by atoms with Gasteiger partial charge in [0.25, 0.3) is 29.2 Å². The van der Waals surface area contributed by atoms with Gasteiger partial charge in [-0.05, 0) is 86.2 Å². The fourth-order valence-corrected chi connectivity index (χ4v) is 7.24. The van der Waals surface area contributed by atoms with Crippen molar-refractivity contribution in [2.75, 3.05) is 18.4 Å². The molecule has 1 fully saturated rings. The van der Waals surface area contributed by atoms with Gasteiger partial charge >= 0.3 is 0 Å². The van der Waals surface area contributed by atoms with Crippen molar-refractivity contribution >= 4 is 52.0 Å². The highest BCUT2D eigenvalue weighted by molar-refractivity contribution is 6.25. The molecule has 0 aliphatic carbocycles. The molecule has 0 radical (unpaired) electrons. The normalized spacial score (nSPS) is 15.4. The van der Waals surface area contributed by atoms with E-state index in [9.17, 15) is 38.7 Å². The number of piperidine rings is 1. The summed E-state index contributed by atoms with van der Waals surface area (Å²) >= 11 is 0. The number of H-pyrrole nitrogens is 1. The maximum atomic E-state index is 13.3. The minimum Gasteiger partial charge on any atom is -0.386 e. The molecule has 6 N–H and O–H groups in total. The minimum absolute atomic E-state index is 0.0424. The first-order chi connectivity index (χ1) is 27.7. The number of anilines is 1. The molecule has 2 aromatic heterocycles. The third kappa shape index (κ3) is 7.89. The maximum Gasteiger partial charge on any atom is 0.274 e. The molecular formula is C43H43N7O8. The van der Waals surface area contributed by atoms with Crippen molar-refractivity contribution in [1.82, 2.24) is 30.4 Å². The lowest BCUT2D eigenvalue weighted by Gasteiger charge is -2.27. The standard InChI is InChI=1S/C43H43N7O8/c1-43(2,58)27-9-6-8-26(20-27)30-23-49(3)42(57)36-29(30)21-32(47-36)38(53)46-22-24-12-14-25(15-13-24)37(52)45-19-5-4-18-44-31-11-7-10-28-35(31)41(56)50(40(28)55)33-16-17-34(51)48-39(33)54/h6-15,20-21,23,33,44,47,58H,4-5,16-19,22H2,1-3H3,(H,45,52)(H,46,53)(H,48,51,54). The second-order valence-corrected chi connectivity index (χ2v) is 15.0. The molecule has 1 atom stereocenters. The Kier molecular flexibility index (Phi) is 10.8. The van der Waals surface area contributed by atoms with E-state index in [1.165, 1.54) is 4.57 Å². The number of aromatic amines is 1. The van der Waals surface area contributed by atoms with Crippen LogP contribution in [0.3, 0.4) is 0 Å². The summed E-state index contributed by atoms with van der Waals surface area (Å²) in [5.41, 5.74) is 3.48. The van der Waals surface area contributed by atoms with Gasteiger partial charge in [-0.3, -0.25) is 43.8 Å². The largest absolute Gasteiger partial charge is 0.386 e. The summed E-state index contributed by atoms with van der Waals surface area (Å²) in [7, 11) is 1.64. The summed E-state index contributed by atoms with van der Waals surface area (Å²) in [5, 5.41) is 22.3. The number of carbonyl (C=O) groups is 6. The van der Waals surface area contributed by atoms with E-state index < -0.39 is 41.2 Å². The predicted octanol–water partition coefficient (Wildman–Crippen LogP) is 3.71. The number of amides is 6. The monoisotopic (exact) mass is 785 g/mol. The molecule has 6 amide bonds. The molecule has 4 heterocycles. The molecule has 0 bridgehead atoms. The average Bonchev–Trinajstić information content (AvgIpc) is 3.76. The number of aliphatic hydroxyl groups is 1. The van der Waals surface area contributed by atoms with Crippen molar-refractivity contribution in [3.05, 3.63) is 123 Å². The number of aryl methyl sites for hydroxylation is 1. The number of carbonyl (C=O) groups excluding carboxylic acids is 6. The fourth-order valence-electron chi connectivity index (χ4n) is 7.24.